The third-order valence-electron chi connectivity index (χ3n) is 2.57. The zero-order chi connectivity index (χ0) is 11.4. The first-order valence-corrected chi connectivity index (χ1v) is 6.44. The number of halogens is 1. The van der Waals surface area contributed by atoms with Gasteiger partial charge in [-0.05, 0) is 41.9 Å². The second-order valence-electron chi connectivity index (χ2n) is 3.81. The molecule has 2 heterocycles. The maximum Gasteiger partial charge on any atom is 0.225 e. The van der Waals surface area contributed by atoms with Crippen LogP contribution in [0.5, 0.6) is 0 Å². The minimum Gasteiger partial charge on any atom is -0.378 e. The molecule has 0 bridgehead atoms. The summed E-state index contributed by atoms with van der Waals surface area (Å²) in [6.45, 7) is 0.838. The Morgan fingerprint density at radius 2 is 2.62 bits per heavy atom. The Hall–Kier alpha value is -0.630. The number of hydrogen-bond acceptors (Lipinski definition) is 3. The molecule has 0 radical (unpaired) electrons. The summed E-state index contributed by atoms with van der Waals surface area (Å²) in [5.41, 5.74) is 0. The van der Waals surface area contributed by atoms with Gasteiger partial charge in [0.2, 0.25) is 5.91 Å². The molecule has 1 aromatic heterocycles. The van der Waals surface area contributed by atoms with Crippen LogP contribution in [0.2, 0.25) is 0 Å². The van der Waals surface area contributed by atoms with Crippen molar-refractivity contribution in [1.82, 2.24) is 10.2 Å². The highest BCUT2D eigenvalue weighted by Crippen LogP contribution is 2.18. The molecule has 1 aliphatic heterocycles. The molecule has 88 valence electrons. The highest BCUT2D eigenvalue weighted by Gasteiger charge is 2.17. The minimum absolute atomic E-state index is 0.0117. The molecule has 2 rings (SSSR count). The molecule has 0 spiro atoms. The molecule has 0 saturated carbocycles. The maximum atomic E-state index is 11.6. The van der Waals surface area contributed by atoms with Crippen molar-refractivity contribution >= 4 is 34.3 Å². The molecule has 2 N–H and O–H groups in total. The average molecular weight is 335 g/mol. The van der Waals surface area contributed by atoms with E-state index in [0.29, 0.717) is 12.2 Å². The lowest BCUT2D eigenvalue weighted by molar-refractivity contribution is -0.116. The van der Waals surface area contributed by atoms with E-state index in [1.54, 1.807) is 6.20 Å². The number of hydrogen-bond donors (Lipinski definition) is 2. The molecule has 5 nitrogen and oxygen atoms in total. The number of ether oxygens (including phenoxy) is 1. The Morgan fingerprint density at radius 1 is 1.75 bits per heavy atom. The number of H-pyrrole nitrogens is 1. The predicted octanol–water partition coefficient (Wildman–Crippen LogP) is 1.91. The molecule has 1 amide bonds. The van der Waals surface area contributed by atoms with Crippen LogP contribution in [0.1, 0.15) is 25.7 Å². The van der Waals surface area contributed by atoms with Crippen molar-refractivity contribution in [2.24, 2.45) is 0 Å². The summed E-state index contributed by atoms with van der Waals surface area (Å²) in [5, 5.41) is 9.38. The van der Waals surface area contributed by atoms with Gasteiger partial charge in [0.25, 0.3) is 0 Å². The first kappa shape index (κ1) is 11.8. The molecular formula is C10H14IN3O2. The van der Waals surface area contributed by atoms with Gasteiger partial charge in [-0.25, -0.2) is 0 Å². The van der Waals surface area contributed by atoms with Gasteiger partial charge in [0, 0.05) is 13.0 Å². The molecule has 16 heavy (non-hydrogen) atoms. The van der Waals surface area contributed by atoms with E-state index >= 15 is 0 Å². The highest BCUT2D eigenvalue weighted by atomic mass is 127. The topological polar surface area (TPSA) is 67.0 Å². The van der Waals surface area contributed by atoms with Crippen molar-refractivity contribution < 1.29 is 9.53 Å². The van der Waals surface area contributed by atoms with E-state index < -0.39 is 0 Å². The maximum absolute atomic E-state index is 11.6. The van der Waals surface area contributed by atoms with Crippen molar-refractivity contribution in [3.05, 3.63) is 9.77 Å². The number of anilines is 1. The fourth-order valence-corrected chi connectivity index (χ4v) is 2.12. The fourth-order valence-electron chi connectivity index (χ4n) is 1.73. The van der Waals surface area contributed by atoms with Crippen LogP contribution in [-0.4, -0.2) is 28.8 Å². The standard InChI is InChI=1S/C10H14IN3O2/c11-8-6-12-14-10(8)13-9(15)4-3-7-2-1-5-16-7/h6-7H,1-5H2,(H2,12,13,14,15). The minimum atomic E-state index is 0.0117. The first-order valence-electron chi connectivity index (χ1n) is 5.36. The van der Waals surface area contributed by atoms with Crippen molar-refractivity contribution in [3.8, 4) is 0 Å². The van der Waals surface area contributed by atoms with Gasteiger partial charge < -0.3 is 10.1 Å². The summed E-state index contributed by atoms with van der Waals surface area (Å²) in [6, 6.07) is 0. The van der Waals surface area contributed by atoms with Crippen molar-refractivity contribution in [2.45, 2.75) is 31.8 Å². The van der Waals surface area contributed by atoms with Crippen molar-refractivity contribution in [1.29, 1.82) is 0 Å². The van der Waals surface area contributed by atoms with Crippen LogP contribution in [0.25, 0.3) is 0 Å². The number of carbonyl (C=O) groups excluding carboxylic acids is 1. The Balaban J connectivity index is 1.74. The summed E-state index contributed by atoms with van der Waals surface area (Å²) >= 11 is 2.12. The molecular weight excluding hydrogens is 321 g/mol. The average Bonchev–Trinajstić information content (AvgIpc) is 2.88. The first-order chi connectivity index (χ1) is 7.75. The van der Waals surface area contributed by atoms with Crippen LogP contribution in [0.4, 0.5) is 5.82 Å². The van der Waals surface area contributed by atoms with Crippen molar-refractivity contribution in [3.63, 3.8) is 0 Å². The van der Waals surface area contributed by atoms with E-state index in [-0.39, 0.29) is 12.0 Å². The summed E-state index contributed by atoms with van der Waals surface area (Å²) in [7, 11) is 0. The second kappa shape index (κ2) is 5.62. The van der Waals surface area contributed by atoms with Gasteiger partial charge in [-0.1, -0.05) is 0 Å². The fraction of sp³-hybridized carbons (Fsp3) is 0.600. The molecule has 1 aromatic rings. The lowest BCUT2D eigenvalue weighted by Gasteiger charge is -2.08. The van der Waals surface area contributed by atoms with Crippen LogP contribution in [0.15, 0.2) is 6.20 Å². The van der Waals surface area contributed by atoms with Crippen LogP contribution in [0.3, 0.4) is 0 Å². The number of aromatic nitrogens is 2. The summed E-state index contributed by atoms with van der Waals surface area (Å²) in [6.07, 6.45) is 5.44. The van der Waals surface area contributed by atoms with Gasteiger partial charge in [0.05, 0.1) is 15.9 Å². The predicted molar refractivity (Wildman–Crippen MR) is 68.1 cm³/mol. The van der Waals surface area contributed by atoms with E-state index in [1.165, 1.54) is 0 Å². The van der Waals surface area contributed by atoms with E-state index in [9.17, 15) is 4.79 Å². The van der Waals surface area contributed by atoms with Gasteiger partial charge >= 0.3 is 0 Å². The number of nitrogens with zero attached hydrogens (tertiary/aromatic N) is 1. The molecule has 1 unspecified atom stereocenters. The van der Waals surface area contributed by atoms with Gasteiger partial charge in [-0.15, -0.1) is 0 Å². The molecule has 1 fully saturated rings. The van der Waals surface area contributed by atoms with Gasteiger partial charge in [0.1, 0.15) is 5.82 Å². The Labute approximate surface area is 107 Å². The van der Waals surface area contributed by atoms with E-state index in [0.717, 1.165) is 29.4 Å². The molecule has 6 heteroatoms. The van der Waals surface area contributed by atoms with E-state index in [1.807, 2.05) is 0 Å². The van der Waals surface area contributed by atoms with E-state index in [2.05, 4.69) is 38.1 Å². The third kappa shape index (κ3) is 3.18. The van der Waals surface area contributed by atoms with Crippen molar-refractivity contribution in [2.75, 3.05) is 11.9 Å². The molecule has 1 aliphatic rings. The quantitative estimate of drug-likeness (QED) is 0.826. The molecule has 0 aromatic carbocycles. The van der Waals surface area contributed by atoms with Gasteiger partial charge in [-0.2, -0.15) is 5.10 Å². The van der Waals surface area contributed by atoms with Crippen LogP contribution in [0, 0.1) is 3.57 Å². The summed E-state index contributed by atoms with van der Waals surface area (Å²) < 4.78 is 6.38. The summed E-state index contributed by atoms with van der Waals surface area (Å²) in [5.74, 6) is 0.690. The Bertz CT molecular complexity index is 361. The third-order valence-corrected chi connectivity index (χ3v) is 3.39. The summed E-state index contributed by atoms with van der Waals surface area (Å²) in [4.78, 5) is 11.6. The SMILES string of the molecule is O=C(CCC1CCCO1)Nc1[nH]ncc1I. The Kier molecular flexibility index (Phi) is 4.16. The highest BCUT2D eigenvalue weighted by molar-refractivity contribution is 14.1. The van der Waals surface area contributed by atoms with Gasteiger partial charge in [0.15, 0.2) is 0 Å². The largest absolute Gasteiger partial charge is 0.378 e. The number of rotatable bonds is 4. The second-order valence-corrected chi connectivity index (χ2v) is 4.98. The van der Waals surface area contributed by atoms with Gasteiger partial charge in [-0.3, -0.25) is 9.89 Å². The Morgan fingerprint density at radius 3 is 3.25 bits per heavy atom. The normalized spacial score (nSPS) is 19.9. The van der Waals surface area contributed by atoms with Crippen LogP contribution >= 0.6 is 22.6 Å². The van der Waals surface area contributed by atoms with Crippen LogP contribution < -0.4 is 5.32 Å². The number of amides is 1. The zero-order valence-corrected chi connectivity index (χ0v) is 11.0. The molecule has 1 saturated heterocycles. The number of aromatic amines is 1. The molecule has 0 aliphatic carbocycles. The zero-order valence-electron chi connectivity index (χ0n) is 8.83. The van der Waals surface area contributed by atoms with E-state index in [4.69, 9.17) is 4.74 Å². The number of carbonyl (C=O) groups is 1. The number of nitrogens with one attached hydrogen (secondary N) is 2. The smallest absolute Gasteiger partial charge is 0.225 e. The monoisotopic (exact) mass is 335 g/mol. The lowest BCUT2D eigenvalue weighted by Crippen LogP contribution is -2.15. The van der Waals surface area contributed by atoms with Crippen LogP contribution in [-0.2, 0) is 9.53 Å². The lowest BCUT2D eigenvalue weighted by atomic mass is 10.1. The molecule has 1 atom stereocenters.